The van der Waals surface area contributed by atoms with Crippen LogP contribution in [0.1, 0.15) is 16.1 Å². The summed E-state index contributed by atoms with van der Waals surface area (Å²) in [4.78, 5) is 37.6. The summed E-state index contributed by atoms with van der Waals surface area (Å²) in [6, 6.07) is 6.92. The maximum absolute atomic E-state index is 13.1. The van der Waals surface area contributed by atoms with E-state index in [1.165, 1.54) is 6.20 Å². The lowest BCUT2D eigenvalue weighted by Crippen LogP contribution is -2.23. The molecule has 0 bridgehead atoms. The summed E-state index contributed by atoms with van der Waals surface area (Å²) in [6.45, 7) is -0.874. The molecule has 0 saturated heterocycles. The molecular formula is C17H11F3N4O5. The number of ether oxygens (including phenoxy) is 1. The number of amides is 1. The van der Waals surface area contributed by atoms with Gasteiger partial charge in [0.25, 0.3) is 11.6 Å². The van der Waals surface area contributed by atoms with Crippen LogP contribution in [0.15, 0.2) is 48.8 Å². The van der Waals surface area contributed by atoms with E-state index in [1.54, 1.807) is 28.8 Å². The van der Waals surface area contributed by atoms with Gasteiger partial charge in [0, 0.05) is 24.5 Å². The van der Waals surface area contributed by atoms with Crippen LogP contribution in [0.25, 0.3) is 5.65 Å². The lowest BCUT2D eigenvalue weighted by molar-refractivity contribution is -0.385. The summed E-state index contributed by atoms with van der Waals surface area (Å²) in [7, 11) is 0. The number of nitro benzene ring substituents is 1. The van der Waals surface area contributed by atoms with Crippen molar-refractivity contribution in [2.75, 3.05) is 11.9 Å². The Bertz CT molecular complexity index is 1080. The molecular weight excluding hydrogens is 397 g/mol. The Balaban J connectivity index is 1.69. The van der Waals surface area contributed by atoms with Gasteiger partial charge in [0.15, 0.2) is 12.3 Å². The van der Waals surface area contributed by atoms with Gasteiger partial charge < -0.3 is 14.5 Å². The van der Waals surface area contributed by atoms with Crippen molar-refractivity contribution in [3.05, 3.63) is 70.2 Å². The second kappa shape index (κ2) is 7.58. The van der Waals surface area contributed by atoms with Crippen molar-refractivity contribution >= 4 is 28.9 Å². The average molecular weight is 408 g/mol. The number of non-ortho nitro benzene ring substituents is 1. The van der Waals surface area contributed by atoms with E-state index in [1.807, 2.05) is 5.32 Å². The number of alkyl halides is 3. The number of imidazole rings is 1. The van der Waals surface area contributed by atoms with Crippen LogP contribution in [-0.2, 0) is 15.7 Å². The number of halogens is 3. The Morgan fingerprint density at radius 1 is 1.24 bits per heavy atom. The van der Waals surface area contributed by atoms with Crippen molar-refractivity contribution < 1.29 is 32.4 Å². The average Bonchev–Trinajstić information content (AvgIpc) is 3.09. The third-order valence-corrected chi connectivity index (χ3v) is 3.70. The Morgan fingerprint density at radius 3 is 2.66 bits per heavy atom. The number of hydrogen-bond donors (Lipinski definition) is 1. The third-order valence-electron chi connectivity index (χ3n) is 3.70. The SMILES string of the molecule is O=C(COC(=O)c1cn2ccccc2n1)Nc1ccc([N+](=O)[O-])cc1C(F)(F)F. The Kier molecular flexibility index (Phi) is 5.17. The van der Waals surface area contributed by atoms with Crippen LogP contribution in [-0.4, -0.2) is 32.8 Å². The van der Waals surface area contributed by atoms with Gasteiger partial charge in [0.05, 0.1) is 16.2 Å². The molecule has 0 fully saturated rings. The molecule has 1 aromatic carbocycles. The van der Waals surface area contributed by atoms with Crippen LogP contribution < -0.4 is 5.32 Å². The molecule has 2 heterocycles. The predicted octanol–water partition coefficient (Wildman–Crippen LogP) is 3.06. The zero-order valence-electron chi connectivity index (χ0n) is 14.3. The molecule has 0 saturated carbocycles. The van der Waals surface area contributed by atoms with E-state index in [4.69, 9.17) is 4.74 Å². The largest absolute Gasteiger partial charge is 0.451 e. The lowest BCUT2D eigenvalue weighted by Gasteiger charge is -2.13. The number of hydrogen-bond acceptors (Lipinski definition) is 6. The molecule has 150 valence electrons. The molecule has 0 spiro atoms. The molecule has 0 aliphatic rings. The van der Waals surface area contributed by atoms with Gasteiger partial charge in [-0.3, -0.25) is 14.9 Å². The topological polar surface area (TPSA) is 116 Å². The van der Waals surface area contributed by atoms with E-state index in [-0.39, 0.29) is 5.69 Å². The number of rotatable bonds is 5. The predicted molar refractivity (Wildman–Crippen MR) is 92.2 cm³/mol. The summed E-state index contributed by atoms with van der Waals surface area (Å²) in [5.74, 6) is -2.00. The van der Waals surface area contributed by atoms with Crippen molar-refractivity contribution in [2.45, 2.75) is 6.18 Å². The highest BCUT2D eigenvalue weighted by Gasteiger charge is 2.35. The van der Waals surface area contributed by atoms with Crippen molar-refractivity contribution in [2.24, 2.45) is 0 Å². The number of nitrogens with one attached hydrogen (secondary N) is 1. The number of carbonyl (C=O) groups excluding carboxylic acids is 2. The standard InChI is InChI=1S/C17H11F3N4O5/c18-17(19,20)11-7-10(24(27)28)4-5-12(11)22-15(25)9-29-16(26)13-8-23-6-2-1-3-14(23)21-13/h1-8H,9H2,(H,22,25). The first-order chi connectivity index (χ1) is 13.6. The molecule has 1 amide bonds. The van der Waals surface area contributed by atoms with Crippen LogP contribution in [0.2, 0.25) is 0 Å². The molecule has 12 heteroatoms. The molecule has 0 aliphatic carbocycles. The number of nitro groups is 1. The second-order valence-electron chi connectivity index (χ2n) is 5.70. The molecule has 0 aliphatic heterocycles. The molecule has 3 rings (SSSR count). The van der Waals surface area contributed by atoms with Gasteiger partial charge in [0.2, 0.25) is 0 Å². The maximum atomic E-state index is 13.1. The van der Waals surface area contributed by atoms with Crippen LogP contribution in [0, 0.1) is 10.1 Å². The fourth-order valence-electron chi connectivity index (χ4n) is 2.41. The number of nitrogens with zero attached hydrogens (tertiary/aromatic N) is 3. The summed E-state index contributed by atoms with van der Waals surface area (Å²) in [6.07, 6.45) is -1.94. The quantitative estimate of drug-likeness (QED) is 0.394. The second-order valence-corrected chi connectivity index (χ2v) is 5.70. The summed E-state index contributed by atoms with van der Waals surface area (Å²) < 4.78 is 45.6. The van der Waals surface area contributed by atoms with Gasteiger partial charge in [-0.15, -0.1) is 0 Å². The fourth-order valence-corrected chi connectivity index (χ4v) is 2.41. The van der Waals surface area contributed by atoms with E-state index in [0.717, 1.165) is 12.1 Å². The minimum absolute atomic E-state index is 0.0877. The van der Waals surface area contributed by atoms with Gasteiger partial charge in [-0.25, -0.2) is 9.78 Å². The van der Waals surface area contributed by atoms with Crippen LogP contribution in [0.4, 0.5) is 24.5 Å². The smallest absolute Gasteiger partial charge is 0.418 e. The Hall–Kier alpha value is -3.96. The first-order valence-electron chi connectivity index (χ1n) is 7.91. The summed E-state index contributed by atoms with van der Waals surface area (Å²) >= 11 is 0. The van der Waals surface area contributed by atoms with E-state index >= 15 is 0 Å². The summed E-state index contributed by atoms with van der Waals surface area (Å²) in [5, 5.41) is 12.6. The summed E-state index contributed by atoms with van der Waals surface area (Å²) in [5.41, 5.74) is -2.50. The molecule has 0 atom stereocenters. The molecule has 3 aromatic rings. The number of pyridine rings is 1. The van der Waals surface area contributed by atoms with E-state index < -0.39 is 46.5 Å². The number of aromatic nitrogens is 2. The van der Waals surface area contributed by atoms with E-state index in [9.17, 15) is 32.9 Å². The molecule has 0 unspecified atom stereocenters. The maximum Gasteiger partial charge on any atom is 0.418 e. The Morgan fingerprint density at radius 2 is 2.00 bits per heavy atom. The van der Waals surface area contributed by atoms with Gasteiger partial charge in [0.1, 0.15) is 5.65 Å². The first-order valence-corrected chi connectivity index (χ1v) is 7.91. The fraction of sp³-hybridized carbons (Fsp3) is 0.118. The monoisotopic (exact) mass is 408 g/mol. The highest BCUT2D eigenvalue weighted by molar-refractivity contribution is 5.95. The van der Waals surface area contributed by atoms with Crippen molar-refractivity contribution in [1.29, 1.82) is 0 Å². The molecule has 2 aromatic heterocycles. The lowest BCUT2D eigenvalue weighted by atomic mass is 10.1. The first kappa shape index (κ1) is 19.8. The third kappa shape index (κ3) is 4.48. The molecule has 0 radical (unpaired) electrons. The van der Waals surface area contributed by atoms with Crippen LogP contribution in [0.3, 0.4) is 0 Å². The van der Waals surface area contributed by atoms with E-state index in [0.29, 0.717) is 11.7 Å². The van der Waals surface area contributed by atoms with Gasteiger partial charge in [-0.05, 0) is 18.2 Å². The van der Waals surface area contributed by atoms with Crippen molar-refractivity contribution in [3.8, 4) is 0 Å². The molecule has 9 nitrogen and oxygen atoms in total. The van der Waals surface area contributed by atoms with Gasteiger partial charge >= 0.3 is 12.1 Å². The number of esters is 1. The van der Waals surface area contributed by atoms with Crippen LogP contribution >= 0.6 is 0 Å². The number of anilines is 1. The Labute approximate surface area is 159 Å². The minimum Gasteiger partial charge on any atom is -0.451 e. The number of carbonyl (C=O) groups is 2. The van der Waals surface area contributed by atoms with Crippen molar-refractivity contribution in [1.82, 2.24) is 9.38 Å². The minimum atomic E-state index is -4.94. The zero-order valence-corrected chi connectivity index (χ0v) is 14.3. The number of benzene rings is 1. The molecule has 1 N–H and O–H groups in total. The molecule has 29 heavy (non-hydrogen) atoms. The number of fused-ring (bicyclic) bond motifs is 1. The van der Waals surface area contributed by atoms with E-state index in [2.05, 4.69) is 4.98 Å². The normalized spacial score (nSPS) is 11.3. The highest BCUT2D eigenvalue weighted by Crippen LogP contribution is 2.37. The van der Waals surface area contributed by atoms with Crippen LogP contribution in [0.5, 0.6) is 0 Å². The van der Waals surface area contributed by atoms with Crippen molar-refractivity contribution in [3.63, 3.8) is 0 Å². The highest BCUT2D eigenvalue weighted by atomic mass is 19.4. The van der Waals surface area contributed by atoms with Gasteiger partial charge in [-0.2, -0.15) is 13.2 Å². The van der Waals surface area contributed by atoms with Gasteiger partial charge in [-0.1, -0.05) is 6.07 Å². The zero-order chi connectivity index (χ0) is 21.2.